The van der Waals surface area contributed by atoms with Gasteiger partial charge in [0.1, 0.15) is 0 Å². The van der Waals surface area contributed by atoms with Crippen molar-refractivity contribution in [3.05, 3.63) is 46.5 Å². The summed E-state index contributed by atoms with van der Waals surface area (Å²) < 4.78 is 5.88. The molecule has 1 aliphatic rings. The number of ether oxygens (including phenoxy) is 1. The van der Waals surface area contributed by atoms with E-state index in [0.29, 0.717) is 32.4 Å². The fourth-order valence-corrected chi connectivity index (χ4v) is 3.96. The van der Waals surface area contributed by atoms with Crippen molar-refractivity contribution >= 4 is 33.6 Å². The van der Waals surface area contributed by atoms with Gasteiger partial charge in [-0.25, -0.2) is 0 Å². The molecule has 0 bridgehead atoms. The molecule has 158 valence electrons. The van der Waals surface area contributed by atoms with Crippen LogP contribution in [-0.4, -0.2) is 41.8 Å². The molecule has 1 atom stereocenters. The maximum Gasteiger partial charge on any atom is 0.305 e. The second kappa shape index (κ2) is 12.6. The van der Waals surface area contributed by atoms with Crippen LogP contribution < -0.4 is 0 Å². The Kier molecular flexibility index (Phi) is 10.1. The van der Waals surface area contributed by atoms with Gasteiger partial charge in [-0.15, -0.1) is 0 Å². The zero-order valence-corrected chi connectivity index (χ0v) is 18.7. The summed E-state index contributed by atoms with van der Waals surface area (Å²) in [5.74, 6) is 0.0620. The van der Waals surface area contributed by atoms with Gasteiger partial charge in [-0.2, -0.15) is 0 Å². The zero-order valence-electron chi connectivity index (χ0n) is 17.1. The Labute approximate surface area is 181 Å². The molecule has 1 heterocycles. The van der Waals surface area contributed by atoms with Crippen molar-refractivity contribution in [2.75, 3.05) is 13.2 Å². The summed E-state index contributed by atoms with van der Waals surface area (Å²) in [4.78, 5) is 37.6. The van der Waals surface area contributed by atoms with Gasteiger partial charge in [-0.3, -0.25) is 14.4 Å². The lowest BCUT2D eigenvalue weighted by Crippen LogP contribution is -2.32. The largest absolute Gasteiger partial charge is 0.466 e. The summed E-state index contributed by atoms with van der Waals surface area (Å²) in [7, 11) is 0. The van der Waals surface area contributed by atoms with Crippen molar-refractivity contribution in [3.63, 3.8) is 0 Å². The molecule has 2 rings (SSSR count). The molecule has 0 radical (unpaired) electrons. The first kappa shape index (κ1) is 23.3. The smallest absolute Gasteiger partial charge is 0.305 e. The number of hydrogen-bond donors (Lipinski definition) is 0. The number of amides is 1. The van der Waals surface area contributed by atoms with E-state index in [1.807, 2.05) is 42.2 Å². The number of unbranched alkanes of at least 4 members (excludes halogenated alkanes) is 3. The first-order chi connectivity index (χ1) is 14.0. The molecule has 1 aliphatic heterocycles. The van der Waals surface area contributed by atoms with Crippen LogP contribution in [0.15, 0.2) is 40.9 Å². The van der Waals surface area contributed by atoms with Crippen molar-refractivity contribution in [1.29, 1.82) is 0 Å². The minimum atomic E-state index is -0.139. The normalized spacial score (nSPS) is 16.6. The number of allylic oxidation sites excluding steroid dienone is 1. The van der Waals surface area contributed by atoms with Crippen molar-refractivity contribution in [2.45, 2.75) is 64.3 Å². The number of likely N-dealkylation sites (tertiary alicyclic amines) is 1. The molecule has 6 heteroatoms. The zero-order chi connectivity index (χ0) is 21.1. The van der Waals surface area contributed by atoms with Crippen LogP contribution in [-0.2, 0) is 25.5 Å². The number of benzene rings is 1. The second-order valence-electron chi connectivity index (χ2n) is 7.29. The summed E-state index contributed by atoms with van der Waals surface area (Å²) in [6, 6.07) is 7.74. The lowest BCUT2D eigenvalue weighted by Gasteiger charge is -2.22. The maximum absolute atomic E-state index is 12.3. The van der Waals surface area contributed by atoms with Crippen LogP contribution in [0.25, 0.3) is 0 Å². The molecule has 1 saturated heterocycles. The number of carbonyl (C=O) groups excluding carboxylic acids is 3. The molecule has 29 heavy (non-hydrogen) atoms. The van der Waals surface area contributed by atoms with Crippen molar-refractivity contribution < 1.29 is 19.1 Å². The van der Waals surface area contributed by atoms with Gasteiger partial charge in [0.2, 0.25) is 5.91 Å². The van der Waals surface area contributed by atoms with E-state index < -0.39 is 0 Å². The Hall–Kier alpha value is -1.95. The van der Waals surface area contributed by atoms with Crippen molar-refractivity contribution in [1.82, 2.24) is 4.90 Å². The molecule has 0 unspecified atom stereocenters. The predicted molar refractivity (Wildman–Crippen MR) is 116 cm³/mol. The van der Waals surface area contributed by atoms with Gasteiger partial charge in [-0.05, 0) is 50.0 Å². The first-order valence-electron chi connectivity index (χ1n) is 10.4. The number of ketones is 1. The summed E-state index contributed by atoms with van der Waals surface area (Å²) in [6.45, 7) is 2.94. The van der Waals surface area contributed by atoms with Crippen LogP contribution >= 0.6 is 15.9 Å². The Morgan fingerprint density at radius 3 is 2.79 bits per heavy atom. The predicted octanol–water partition coefficient (Wildman–Crippen LogP) is 4.62. The number of esters is 1. The van der Waals surface area contributed by atoms with E-state index in [2.05, 4.69) is 15.9 Å². The fraction of sp³-hybridized carbons (Fsp3) is 0.522. The molecule has 0 spiro atoms. The molecular formula is C23H30BrNO4. The van der Waals surface area contributed by atoms with Crippen LogP contribution in [0.4, 0.5) is 0 Å². The topological polar surface area (TPSA) is 63.7 Å². The molecular weight excluding hydrogens is 434 g/mol. The summed E-state index contributed by atoms with van der Waals surface area (Å²) in [6.07, 6.45) is 9.28. The second-order valence-corrected chi connectivity index (χ2v) is 8.21. The fourth-order valence-electron chi connectivity index (χ4n) is 3.51. The van der Waals surface area contributed by atoms with E-state index in [9.17, 15) is 14.4 Å². The maximum atomic E-state index is 12.3. The van der Waals surface area contributed by atoms with Gasteiger partial charge < -0.3 is 9.64 Å². The lowest BCUT2D eigenvalue weighted by atomic mass is 10.1. The number of hydrogen-bond acceptors (Lipinski definition) is 4. The third kappa shape index (κ3) is 8.52. The van der Waals surface area contributed by atoms with Gasteiger partial charge in [0, 0.05) is 30.3 Å². The van der Waals surface area contributed by atoms with E-state index in [1.54, 1.807) is 6.08 Å². The molecule has 1 amide bonds. The highest BCUT2D eigenvalue weighted by atomic mass is 79.9. The number of carbonyl (C=O) groups is 3. The molecule has 0 saturated carbocycles. The monoisotopic (exact) mass is 463 g/mol. The molecule has 1 aromatic carbocycles. The van der Waals surface area contributed by atoms with Crippen molar-refractivity contribution in [3.8, 4) is 0 Å². The number of nitrogens with zero attached hydrogens (tertiary/aromatic N) is 1. The molecule has 1 fully saturated rings. The lowest BCUT2D eigenvalue weighted by molar-refractivity contribution is -0.143. The van der Waals surface area contributed by atoms with Crippen LogP contribution in [0.1, 0.15) is 57.4 Å². The quantitative estimate of drug-likeness (QED) is 0.257. The third-order valence-electron chi connectivity index (χ3n) is 4.98. The average molecular weight is 464 g/mol. The molecule has 0 aromatic heterocycles. The molecule has 0 N–H and O–H groups in total. The Morgan fingerprint density at radius 2 is 2.03 bits per heavy atom. The minimum absolute atomic E-state index is 0.00786. The van der Waals surface area contributed by atoms with E-state index >= 15 is 0 Å². The number of halogens is 1. The van der Waals surface area contributed by atoms with Crippen LogP contribution in [0, 0.1) is 0 Å². The van der Waals surface area contributed by atoms with Gasteiger partial charge >= 0.3 is 5.97 Å². The Balaban J connectivity index is 1.72. The van der Waals surface area contributed by atoms with Crippen LogP contribution in [0.2, 0.25) is 0 Å². The molecule has 1 aromatic rings. The van der Waals surface area contributed by atoms with Crippen LogP contribution in [0.3, 0.4) is 0 Å². The highest BCUT2D eigenvalue weighted by Crippen LogP contribution is 2.21. The van der Waals surface area contributed by atoms with Crippen molar-refractivity contribution in [2.24, 2.45) is 0 Å². The highest BCUT2D eigenvalue weighted by molar-refractivity contribution is 9.10. The Bertz CT molecular complexity index is 731. The summed E-state index contributed by atoms with van der Waals surface area (Å²) in [5.41, 5.74) is 0.969. The van der Waals surface area contributed by atoms with E-state index in [-0.39, 0.29) is 23.7 Å². The van der Waals surface area contributed by atoms with E-state index in [1.165, 1.54) is 0 Å². The van der Waals surface area contributed by atoms with E-state index in [4.69, 9.17) is 4.74 Å². The number of rotatable bonds is 12. The summed E-state index contributed by atoms with van der Waals surface area (Å²) in [5, 5.41) is 0. The minimum Gasteiger partial charge on any atom is -0.466 e. The van der Waals surface area contributed by atoms with Gasteiger partial charge in [-0.1, -0.05) is 47.0 Å². The third-order valence-corrected chi connectivity index (χ3v) is 5.47. The summed E-state index contributed by atoms with van der Waals surface area (Å²) >= 11 is 3.42. The highest BCUT2D eigenvalue weighted by Gasteiger charge is 2.28. The molecule has 5 nitrogen and oxygen atoms in total. The van der Waals surface area contributed by atoms with Gasteiger partial charge in [0.25, 0.3) is 0 Å². The van der Waals surface area contributed by atoms with Crippen LogP contribution in [0.5, 0.6) is 0 Å². The van der Waals surface area contributed by atoms with E-state index in [0.717, 1.165) is 42.1 Å². The first-order valence-corrected chi connectivity index (χ1v) is 11.2. The standard InChI is InChI=1S/C23H30BrNO4/c1-2-29-23(28)10-5-3-4-6-15-25-20(12-14-22(25)27)11-13-21(26)17-18-8-7-9-19(24)16-18/h7-9,11,13,16,20H,2-6,10,12,14-15,17H2,1H3/t20-/m1/s1. The average Bonchev–Trinajstić information content (AvgIpc) is 3.03. The van der Waals surface area contributed by atoms with Gasteiger partial charge in [0.15, 0.2) is 5.78 Å². The van der Waals surface area contributed by atoms with Gasteiger partial charge in [0.05, 0.1) is 12.6 Å². The SMILES string of the molecule is CCOC(=O)CCCCCCN1C(=O)CC[C@H]1C=CC(=O)Cc1cccc(Br)c1. The molecule has 0 aliphatic carbocycles. The Morgan fingerprint density at radius 1 is 1.24 bits per heavy atom.